The van der Waals surface area contributed by atoms with Crippen LogP contribution in [-0.4, -0.2) is 19.4 Å². The number of rotatable bonds is 1. The third-order valence-corrected chi connectivity index (χ3v) is 2.12. The second kappa shape index (κ2) is 3.09. The molecule has 0 spiro atoms. The van der Waals surface area contributed by atoms with E-state index in [9.17, 15) is 0 Å². The molecule has 0 unspecified atom stereocenters. The molecule has 3 heteroatoms. The van der Waals surface area contributed by atoms with Gasteiger partial charge in [-0.3, -0.25) is 0 Å². The van der Waals surface area contributed by atoms with Crippen LogP contribution in [0.25, 0.3) is 0 Å². The fraction of sp³-hybridized carbons (Fsp3) is 0.300. The van der Waals surface area contributed by atoms with Gasteiger partial charge < -0.3 is 14.9 Å². The van der Waals surface area contributed by atoms with Gasteiger partial charge in [0.05, 0.1) is 13.7 Å². The number of benzene rings is 1. The van der Waals surface area contributed by atoms with Crippen LogP contribution in [0, 0.1) is 5.41 Å². The normalized spacial score (nSPS) is 14.7. The van der Waals surface area contributed by atoms with Crippen LogP contribution in [0.5, 0.6) is 11.5 Å². The number of methoxy groups -OCH3 is 1. The molecule has 1 aromatic carbocycles. The summed E-state index contributed by atoms with van der Waals surface area (Å²) in [5.41, 5.74) is 1.52. The van der Waals surface area contributed by atoms with Gasteiger partial charge in [0.1, 0.15) is 11.5 Å². The highest BCUT2D eigenvalue weighted by atomic mass is 16.5. The molecule has 1 heterocycles. The third kappa shape index (κ3) is 1.37. The van der Waals surface area contributed by atoms with E-state index in [1.807, 2.05) is 18.2 Å². The van der Waals surface area contributed by atoms with E-state index in [0.29, 0.717) is 18.7 Å². The SMILES string of the molecule is COc1ccc2c(c1)OCCC2=N. The average Bonchev–Trinajstić information content (AvgIpc) is 2.18. The van der Waals surface area contributed by atoms with Crippen molar-refractivity contribution in [2.45, 2.75) is 6.42 Å². The molecule has 0 aromatic heterocycles. The van der Waals surface area contributed by atoms with Crippen molar-refractivity contribution >= 4 is 5.71 Å². The van der Waals surface area contributed by atoms with E-state index in [-0.39, 0.29) is 0 Å². The fourth-order valence-corrected chi connectivity index (χ4v) is 1.40. The van der Waals surface area contributed by atoms with Crippen molar-refractivity contribution in [3.8, 4) is 11.5 Å². The standard InChI is InChI=1S/C10H11NO2/c1-12-7-2-3-8-9(11)4-5-13-10(8)6-7/h2-3,6,11H,4-5H2,1H3. The fourth-order valence-electron chi connectivity index (χ4n) is 1.40. The predicted molar refractivity (Wildman–Crippen MR) is 49.9 cm³/mol. The van der Waals surface area contributed by atoms with Gasteiger partial charge in [0.25, 0.3) is 0 Å². The van der Waals surface area contributed by atoms with Crippen molar-refractivity contribution in [1.82, 2.24) is 0 Å². The number of hydrogen-bond acceptors (Lipinski definition) is 3. The Balaban J connectivity index is 2.45. The van der Waals surface area contributed by atoms with E-state index in [2.05, 4.69) is 0 Å². The lowest BCUT2D eigenvalue weighted by Gasteiger charge is -2.18. The van der Waals surface area contributed by atoms with Crippen LogP contribution < -0.4 is 9.47 Å². The molecule has 0 fully saturated rings. The molecule has 13 heavy (non-hydrogen) atoms. The monoisotopic (exact) mass is 177 g/mol. The molecule has 1 aliphatic heterocycles. The van der Waals surface area contributed by atoms with E-state index < -0.39 is 0 Å². The molecule has 0 atom stereocenters. The molecule has 0 saturated carbocycles. The van der Waals surface area contributed by atoms with Crippen LogP contribution in [0.15, 0.2) is 18.2 Å². The van der Waals surface area contributed by atoms with Crippen LogP contribution in [0.1, 0.15) is 12.0 Å². The van der Waals surface area contributed by atoms with Crippen molar-refractivity contribution < 1.29 is 9.47 Å². The van der Waals surface area contributed by atoms with Crippen molar-refractivity contribution in [3.63, 3.8) is 0 Å². The van der Waals surface area contributed by atoms with E-state index in [1.54, 1.807) is 7.11 Å². The highest BCUT2D eigenvalue weighted by molar-refractivity contribution is 6.01. The number of fused-ring (bicyclic) bond motifs is 1. The summed E-state index contributed by atoms with van der Waals surface area (Å²) in [6.07, 6.45) is 0.694. The molecule has 0 amide bonds. The Hall–Kier alpha value is -1.51. The van der Waals surface area contributed by atoms with E-state index in [4.69, 9.17) is 14.9 Å². The minimum absolute atomic E-state index is 0.596. The second-order valence-electron chi connectivity index (χ2n) is 2.94. The predicted octanol–water partition coefficient (Wildman–Crippen LogP) is 1.85. The van der Waals surface area contributed by atoms with Crippen molar-refractivity contribution in [1.29, 1.82) is 5.41 Å². The number of nitrogens with one attached hydrogen (secondary N) is 1. The van der Waals surface area contributed by atoms with Crippen LogP contribution in [0.4, 0.5) is 0 Å². The zero-order valence-corrected chi connectivity index (χ0v) is 7.46. The van der Waals surface area contributed by atoms with Crippen molar-refractivity contribution in [2.24, 2.45) is 0 Å². The summed E-state index contributed by atoms with van der Waals surface area (Å²) in [5, 5.41) is 7.68. The van der Waals surface area contributed by atoms with Gasteiger partial charge in [0.15, 0.2) is 0 Å². The smallest absolute Gasteiger partial charge is 0.132 e. The number of ether oxygens (including phenoxy) is 2. The molecule has 3 nitrogen and oxygen atoms in total. The van der Waals surface area contributed by atoms with E-state index in [0.717, 1.165) is 17.1 Å². The van der Waals surface area contributed by atoms with Crippen LogP contribution in [-0.2, 0) is 0 Å². The van der Waals surface area contributed by atoms with E-state index >= 15 is 0 Å². The summed E-state index contributed by atoms with van der Waals surface area (Å²) in [6.45, 7) is 0.596. The molecule has 0 radical (unpaired) electrons. The molecular formula is C10H11NO2. The largest absolute Gasteiger partial charge is 0.497 e. The highest BCUT2D eigenvalue weighted by Gasteiger charge is 2.15. The first-order valence-electron chi connectivity index (χ1n) is 4.20. The van der Waals surface area contributed by atoms with Gasteiger partial charge in [-0.25, -0.2) is 0 Å². The minimum atomic E-state index is 0.596. The molecule has 0 bridgehead atoms. The number of hydrogen-bond donors (Lipinski definition) is 1. The molecule has 1 N–H and O–H groups in total. The van der Waals surface area contributed by atoms with Gasteiger partial charge >= 0.3 is 0 Å². The Labute approximate surface area is 76.8 Å². The Bertz CT molecular complexity index is 347. The first-order valence-corrected chi connectivity index (χ1v) is 4.20. The van der Waals surface area contributed by atoms with Gasteiger partial charge in [-0.1, -0.05) is 0 Å². The molecule has 1 aromatic rings. The molecule has 68 valence electrons. The molecule has 1 aliphatic rings. The second-order valence-corrected chi connectivity index (χ2v) is 2.94. The minimum Gasteiger partial charge on any atom is -0.497 e. The summed E-state index contributed by atoms with van der Waals surface area (Å²) < 4.78 is 10.5. The summed E-state index contributed by atoms with van der Waals surface area (Å²) in [6, 6.07) is 5.54. The topological polar surface area (TPSA) is 42.3 Å². The van der Waals surface area contributed by atoms with E-state index in [1.165, 1.54) is 0 Å². The van der Waals surface area contributed by atoms with Crippen LogP contribution in [0.3, 0.4) is 0 Å². The maximum absolute atomic E-state index is 7.68. The Morgan fingerprint density at radius 3 is 3.08 bits per heavy atom. The summed E-state index contributed by atoms with van der Waals surface area (Å²) in [4.78, 5) is 0. The van der Waals surface area contributed by atoms with Gasteiger partial charge in [-0.05, 0) is 12.1 Å². The van der Waals surface area contributed by atoms with Gasteiger partial charge in [0.2, 0.25) is 0 Å². The average molecular weight is 177 g/mol. The molecule has 2 rings (SSSR count). The Morgan fingerprint density at radius 1 is 1.46 bits per heavy atom. The first-order chi connectivity index (χ1) is 6.31. The lowest BCUT2D eigenvalue weighted by molar-refractivity contribution is 0.317. The summed E-state index contributed by atoms with van der Waals surface area (Å²) in [7, 11) is 1.62. The third-order valence-electron chi connectivity index (χ3n) is 2.12. The van der Waals surface area contributed by atoms with Crippen LogP contribution >= 0.6 is 0 Å². The molecule has 0 aliphatic carbocycles. The maximum Gasteiger partial charge on any atom is 0.132 e. The van der Waals surface area contributed by atoms with Crippen molar-refractivity contribution in [3.05, 3.63) is 23.8 Å². The lowest BCUT2D eigenvalue weighted by Crippen LogP contribution is -2.15. The van der Waals surface area contributed by atoms with Gasteiger partial charge in [0, 0.05) is 23.8 Å². The molecule has 0 saturated heterocycles. The van der Waals surface area contributed by atoms with Crippen LogP contribution in [0.2, 0.25) is 0 Å². The highest BCUT2D eigenvalue weighted by Crippen LogP contribution is 2.28. The Kier molecular flexibility index (Phi) is 1.93. The van der Waals surface area contributed by atoms with Gasteiger partial charge in [-0.2, -0.15) is 0 Å². The van der Waals surface area contributed by atoms with Crippen molar-refractivity contribution in [2.75, 3.05) is 13.7 Å². The quantitative estimate of drug-likeness (QED) is 0.711. The summed E-state index contributed by atoms with van der Waals surface area (Å²) in [5.74, 6) is 1.53. The zero-order chi connectivity index (χ0) is 9.26. The first kappa shape index (κ1) is 8.10. The lowest BCUT2D eigenvalue weighted by atomic mass is 10.0. The van der Waals surface area contributed by atoms with Gasteiger partial charge in [-0.15, -0.1) is 0 Å². The summed E-state index contributed by atoms with van der Waals surface area (Å²) >= 11 is 0. The Morgan fingerprint density at radius 2 is 2.31 bits per heavy atom. The maximum atomic E-state index is 7.68. The molecular weight excluding hydrogens is 166 g/mol. The zero-order valence-electron chi connectivity index (χ0n) is 7.46.